The summed E-state index contributed by atoms with van der Waals surface area (Å²) in [5, 5.41) is 0. The van der Waals surface area contributed by atoms with E-state index in [0.29, 0.717) is 0 Å². The van der Waals surface area contributed by atoms with E-state index in [-0.39, 0.29) is 0 Å². The van der Waals surface area contributed by atoms with Gasteiger partial charge in [-0.15, -0.1) is 21.9 Å². The van der Waals surface area contributed by atoms with E-state index in [9.17, 15) is 52.7 Å². The summed E-state index contributed by atoms with van der Waals surface area (Å²) in [5.41, 5.74) is -14.3. The van der Waals surface area contributed by atoms with Crippen LogP contribution in [0.3, 0.4) is 0 Å². The van der Waals surface area contributed by atoms with Gasteiger partial charge < -0.3 is 4.48 Å². The zero-order valence-electron chi connectivity index (χ0n) is 31.9. The Morgan fingerprint density at radius 1 is 0.344 bits per heavy atom. The van der Waals surface area contributed by atoms with Gasteiger partial charge in [-0.1, -0.05) is 33.1 Å². The van der Waals surface area contributed by atoms with Crippen molar-refractivity contribution in [2.75, 3.05) is 20.1 Å². The maximum absolute atomic E-state index is 15.4. The van der Waals surface area contributed by atoms with Crippen molar-refractivity contribution in [3.63, 3.8) is 0 Å². The molecule has 0 amide bonds. The first-order chi connectivity index (χ1) is 28.4. The van der Waals surface area contributed by atoms with Crippen LogP contribution < -0.4 is 21.9 Å². The Bertz CT molecular complexity index is 1920. The molecular formula is C39H32BF20N. The molecule has 5 rings (SSSR count). The Kier molecular flexibility index (Phi) is 15.2. The summed E-state index contributed by atoms with van der Waals surface area (Å²) in [5.74, 6) is -71.4. The molecule has 1 fully saturated rings. The molecule has 1 nitrogen and oxygen atoms in total. The van der Waals surface area contributed by atoms with E-state index >= 15 is 35.1 Å². The molecule has 0 radical (unpaired) electrons. The van der Waals surface area contributed by atoms with E-state index in [1.807, 2.05) is 0 Å². The minimum absolute atomic E-state index is 0.979. The third-order valence-electron chi connectivity index (χ3n) is 11.2. The number of hydrogen-bond donors (Lipinski definition) is 0. The van der Waals surface area contributed by atoms with Crippen molar-refractivity contribution in [3.05, 3.63) is 116 Å². The number of quaternary nitrogens is 1. The van der Waals surface area contributed by atoms with Gasteiger partial charge in [0.2, 0.25) is 0 Å². The first-order valence-corrected chi connectivity index (χ1v) is 18.5. The topological polar surface area (TPSA) is 0 Å². The predicted octanol–water partition coefficient (Wildman–Crippen LogP) is 10.2. The second-order valence-electron chi connectivity index (χ2n) is 14.7. The molecule has 0 spiro atoms. The minimum Gasteiger partial charge on any atom is -0.324 e. The summed E-state index contributed by atoms with van der Waals surface area (Å²) in [7, 11) is 2.53. The highest BCUT2D eigenvalue weighted by molar-refractivity contribution is 7.20. The molecule has 0 atom stereocenters. The van der Waals surface area contributed by atoms with Crippen LogP contribution in [0.5, 0.6) is 0 Å². The van der Waals surface area contributed by atoms with Crippen molar-refractivity contribution in [2.45, 2.75) is 77.7 Å². The van der Waals surface area contributed by atoms with E-state index < -0.39 is 144 Å². The number of halogens is 20. The Morgan fingerprint density at radius 2 is 0.541 bits per heavy atom. The number of benzene rings is 4. The Labute approximate surface area is 334 Å². The van der Waals surface area contributed by atoms with Crippen LogP contribution in [0.1, 0.15) is 71.6 Å². The molecule has 0 unspecified atom stereocenters. The van der Waals surface area contributed by atoms with Crippen LogP contribution in [0.25, 0.3) is 0 Å². The maximum atomic E-state index is 15.4. The minimum atomic E-state index is -7.22. The molecule has 0 aromatic heterocycles. The molecular weight excluding hydrogens is 873 g/mol. The number of nitrogens with zero attached hydrogens (tertiary/aromatic N) is 1. The Morgan fingerprint density at radius 3 is 0.738 bits per heavy atom. The quantitative estimate of drug-likeness (QED) is 0.0463. The van der Waals surface area contributed by atoms with Gasteiger partial charge in [-0.3, -0.25) is 0 Å². The molecule has 0 N–H and O–H groups in total. The first-order valence-electron chi connectivity index (χ1n) is 18.5. The third kappa shape index (κ3) is 8.16. The number of unbranched alkanes of at least 4 members (excludes halogenated alkanes) is 2. The fourth-order valence-electron chi connectivity index (χ4n) is 8.09. The van der Waals surface area contributed by atoms with Crippen molar-refractivity contribution < 1.29 is 92.3 Å². The number of hydrogen-bond acceptors (Lipinski definition) is 0. The first kappa shape index (κ1) is 49.2. The summed E-state index contributed by atoms with van der Waals surface area (Å²) in [4.78, 5) is 0. The maximum Gasteiger partial charge on any atom is 0.200 e. The fraction of sp³-hybridized carbons (Fsp3) is 0.385. The molecule has 61 heavy (non-hydrogen) atoms. The van der Waals surface area contributed by atoms with Crippen molar-refractivity contribution in [2.24, 2.45) is 0 Å². The molecule has 22 heteroatoms. The molecule has 0 saturated heterocycles. The molecule has 0 heterocycles. The summed E-state index contributed by atoms with van der Waals surface area (Å²) >= 11 is 0. The zero-order chi connectivity index (χ0) is 46.2. The largest absolute Gasteiger partial charge is 0.324 e. The lowest BCUT2D eigenvalue weighted by Crippen LogP contribution is -2.81. The van der Waals surface area contributed by atoms with Crippen LogP contribution in [-0.2, 0) is 0 Å². The van der Waals surface area contributed by atoms with E-state index in [4.69, 9.17) is 0 Å². The van der Waals surface area contributed by atoms with E-state index in [0.717, 1.165) is 6.04 Å². The highest BCUT2D eigenvalue weighted by atomic mass is 19.2. The molecule has 0 bridgehead atoms. The Balaban J connectivity index is 0.000000430. The van der Waals surface area contributed by atoms with Gasteiger partial charge in [0, 0.05) is 0 Å². The molecule has 1 aliphatic rings. The molecule has 0 aliphatic heterocycles. The monoisotopic (exact) mass is 905 g/mol. The van der Waals surface area contributed by atoms with Gasteiger partial charge in [0.05, 0.1) is 26.2 Å². The van der Waals surface area contributed by atoms with Gasteiger partial charge in [0.1, 0.15) is 52.7 Å². The summed E-state index contributed by atoms with van der Waals surface area (Å²) in [6.07, 6.45) is 5.75. The summed E-state index contributed by atoms with van der Waals surface area (Å²) in [6, 6.07) is 0.979. The van der Waals surface area contributed by atoms with E-state index in [1.54, 1.807) is 0 Å². The van der Waals surface area contributed by atoms with Crippen molar-refractivity contribution in [1.29, 1.82) is 0 Å². The molecule has 1 aliphatic carbocycles. The lowest BCUT2D eigenvalue weighted by Gasteiger charge is -2.44. The molecule has 4 aromatic rings. The van der Waals surface area contributed by atoms with E-state index in [1.165, 1.54) is 75.4 Å². The van der Waals surface area contributed by atoms with Crippen LogP contribution >= 0.6 is 0 Å². The normalized spacial score (nSPS) is 13.8. The smallest absolute Gasteiger partial charge is 0.200 e. The zero-order valence-corrected chi connectivity index (χ0v) is 31.9. The third-order valence-corrected chi connectivity index (χ3v) is 11.2. The lowest BCUT2D eigenvalue weighted by molar-refractivity contribution is -0.935. The van der Waals surface area contributed by atoms with Gasteiger partial charge in [0.25, 0.3) is 0 Å². The SMILES string of the molecule is CCCC[N+](C)(CCCC)C1CCCCC1.Fc1c(F)c(F)c([B-](c2c(F)c(F)c(F)c(F)c2F)(c2c(F)c(F)c(F)c(F)c2F)c2c(F)c(F)c(F)c(F)c2F)c(F)c1F. The summed E-state index contributed by atoms with van der Waals surface area (Å²) in [6.45, 7) is 7.48. The van der Waals surface area contributed by atoms with Crippen LogP contribution in [-0.4, -0.2) is 36.8 Å². The highest BCUT2D eigenvalue weighted by Crippen LogP contribution is 2.32. The summed E-state index contributed by atoms with van der Waals surface area (Å²) < 4.78 is 295. The molecule has 336 valence electrons. The van der Waals surface area contributed by atoms with Crippen LogP contribution in [0.2, 0.25) is 0 Å². The second-order valence-corrected chi connectivity index (χ2v) is 14.7. The van der Waals surface area contributed by atoms with Gasteiger partial charge >= 0.3 is 0 Å². The van der Waals surface area contributed by atoms with Gasteiger partial charge in [-0.05, 0) is 38.5 Å². The highest BCUT2D eigenvalue weighted by Gasteiger charge is 2.52. The van der Waals surface area contributed by atoms with Crippen molar-refractivity contribution in [3.8, 4) is 0 Å². The second kappa shape index (κ2) is 18.9. The van der Waals surface area contributed by atoms with Crippen molar-refractivity contribution in [1.82, 2.24) is 0 Å². The average molecular weight is 905 g/mol. The van der Waals surface area contributed by atoms with Crippen LogP contribution in [0, 0.1) is 116 Å². The van der Waals surface area contributed by atoms with Gasteiger partial charge in [0.15, 0.2) is 69.8 Å². The van der Waals surface area contributed by atoms with Gasteiger partial charge in [-0.2, -0.15) is 0 Å². The molecule has 4 aromatic carbocycles. The standard InChI is InChI=1S/C24BF20.C15H32N/c26-5-1(6(27)14(35)21(42)13(5)34)25(2-7(28)15(36)22(43)16(37)8(2)29,3-9(30)17(38)23(44)18(39)10(3)31)4-11(32)19(40)24(45)20(41)12(4)33;1-4-6-13-16(3,14-7-5-2)15-11-9-8-10-12-15/h;15H,4-14H2,1-3H3/q-1;+1. The molecule has 1 saturated carbocycles. The average Bonchev–Trinajstić information content (AvgIpc) is 3.25. The van der Waals surface area contributed by atoms with Crippen LogP contribution in [0.15, 0.2) is 0 Å². The van der Waals surface area contributed by atoms with E-state index in [2.05, 4.69) is 20.9 Å². The van der Waals surface area contributed by atoms with Crippen molar-refractivity contribution >= 4 is 28.0 Å². The predicted molar refractivity (Wildman–Crippen MR) is 182 cm³/mol. The Hall–Kier alpha value is -4.50. The fourth-order valence-corrected chi connectivity index (χ4v) is 8.09. The van der Waals surface area contributed by atoms with Gasteiger partial charge in [-0.25, -0.2) is 87.8 Å². The number of rotatable bonds is 11. The lowest BCUT2D eigenvalue weighted by atomic mass is 9.12. The van der Waals surface area contributed by atoms with Crippen LogP contribution in [0.4, 0.5) is 87.8 Å².